The monoisotopic (exact) mass is 570 g/mol. The fourth-order valence-electron chi connectivity index (χ4n) is 5.63. The Kier molecular flexibility index (Phi) is 6.14. The molecule has 0 amide bonds. The maximum absolute atomic E-state index is 13.4. The van der Waals surface area contributed by atoms with Gasteiger partial charge in [-0.15, -0.1) is 0 Å². The van der Waals surface area contributed by atoms with Crippen molar-refractivity contribution >= 4 is 43.5 Å². The molecule has 0 spiro atoms. The van der Waals surface area contributed by atoms with E-state index in [2.05, 4.69) is 0 Å². The number of hydrogen-bond donors (Lipinski definition) is 2. The Morgan fingerprint density at radius 2 is 0.929 bits per heavy atom. The third kappa shape index (κ3) is 3.72. The zero-order valence-electron chi connectivity index (χ0n) is 23.6. The number of hydrogen-bond acceptors (Lipinski definition) is 10. The van der Waals surface area contributed by atoms with E-state index < -0.39 is 10.9 Å². The SMILES string of the molecule is COc1cc(OC)c2c(O)c3c(=O)cc(C)oc3c(-c3c4cc(OC)cc(OC)c4c(O)c4c(=O)cc(C)oc34)c2c1. The second kappa shape index (κ2) is 9.62. The van der Waals surface area contributed by atoms with Gasteiger partial charge in [0.25, 0.3) is 0 Å². The van der Waals surface area contributed by atoms with Crippen LogP contribution in [0.25, 0.3) is 54.6 Å². The van der Waals surface area contributed by atoms with Gasteiger partial charge in [-0.2, -0.15) is 0 Å². The maximum atomic E-state index is 13.4. The molecule has 6 aromatic rings. The Hall–Kier alpha value is -5.38. The van der Waals surface area contributed by atoms with E-state index >= 15 is 0 Å². The Morgan fingerprint density at radius 1 is 0.548 bits per heavy atom. The van der Waals surface area contributed by atoms with E-state index in [1.807, 2.05) is 0 Å². The lowest BCUT2D eigenvalue weighted by atomic mass is 9.88. The van der Waals surface area contributed by atoms with Crippen LogP contribution in [0.2, 0.25) is 0 Å². The van der Waals surface area contributed by atoms with Crippen LogP contribution in [0.3, 0.4) is 0 Å². The molecule has 4 aromatic carbocycles. The van der Waals surface area contributed by atoms with E-state index in [0.29, 0.717) is 22.3 Å². The minimum absolute atomic E-state index is 0.0273. The molecule has 0 aliphatic carbocycles. The number of ether oxygens (including phenoxy) is 4. The summed E-state index contributed by atoms with van der Waals surface area (Å²) in [6.07, 6.45) is 0. The quantitative estimate of drug-likeness (QED) is 0.240. The van der Waals surface area contributed by atoms with Crippen molar-refractivity contribution in [3.63, 3.8) is 0 Å². The molecule has 0 aliphatic heterocycles. The lowest BCUT2D eigenvalue weighted by Gasteiger charge is -2.20. The summed E-state index contributed by atoms with van der Waals surface area (Å²) in [5.74, 6) is 1.08. The van der Waals surface area contributed by atoms with E-state index in [0.717, 1.165) is 0 Å². The van der Waals surface area contributed by atoms with Crippen LogP contribution in [0.5, 0.6) is 34.5 Å². The van der Waals surface area contributed by atoms with Crippen LogP contribution in [0, 0.1) is 13.8 Å². The fraction of sp³-hybridized carbons (Fsp3) is 0.188. The van der Waals surface area contributed by atoms with Gasteiger partial charge in [-0.1, -0.05) is 0 Å². The molecular formula is C32H26O10. The molecule has 214 valence electrons. The van der Waals surface area contributed by atoms with Crippen LogP contribution in [-0.2, 0) is 0 Å². The third-order valence-corrected chi connectivity index (χ3v) is 7.39. The van der Waals surface area contributed by atoms with Gasteiger partial charge in [-0.05, 0) is 26.0 Å². The first-order chi connectivity index (χ1) is 20.1. The number of phenolic OH excluding ortho intramolecular Hbond substituents is 2. The van der Waals surface area contributed by atoms with Crippen molar-refractivity contribution in [3.8, 4) is 45.6 Å². The summed E-state index contributed by atoms with van der Waals surface area (Å²) in [7, 11) is 5.82. The number of rotatable bonds is 5. The molecule has 0 aliphatic rings. The molecule has 0 atom stereocenters. The molecule has 10 nitrogen and oxygen atoms in total. The average Bonchev–Trinajstić information content (AvgIpc) is 2.96. The predicted molar refractivity (Wildman–Crippen MR) is 158 cm³/mol. The lowest BCUT2D eigenvalue weighted by molar-refractivity contribution is 0.396. The molecule has 0 fully saturated rings. The Labute approximate surface area is 237 Å². The predicted octanol–water partition coefficient (Wildman–Crippen LogP) is 5.94. The highest BCUT2D eigenvalue weighted by Crippen LogP contribution is 2.53. The fourth-order valence-corrected chi connectivity index (χ4v) is 5.63. The largest absolute Gasteiger partial charge is 0.506 e. The van der Waals surface area contributed by atoms with Gasteiger partial charge in [-0.3, -0.25) is 9.59 Å². The third-order valence-electron chi connectivity index (χ3n) is 7.39. The first kappa shape index (κ1) is 26.8. The highest BCUT2D eigenvalue weighted by Gasteiger charge is 2.29. The molecule has 10 heteroatoms. The average molecular weight is 571 g/mol. The first-order valence-electron chi connectivity index (χ1n) is 12.8. The van der Waals surface area contributed by atoms with Crippen molar-refractivity contribution in [1.82, 2.24) is 0 Å². The summed E-state index contributed by atoms with van der Waals surface area (Å²) in [4.78, 5) is 26.8. The van der Waals surface area contributed by atoms with E-state index in [9.17, 15) is 19.8 Å². The summed E-state index contributed by atoms with van der Waals surface area (Å²) in [5.41, 5.74) is -0.358. The smallest absolute Gasteiger partial charge is 0.196 e. The van der Waals surface area contributed by atoms with Crippen molar-refractivity contribution in [1.29, 1.82) is 0 Å². The van der Waals surface area contributed by atoms with Gasteiger partial charge in [0.2, 0.25) is 0 Å². The number of methoxy groups -OCH3 is 4. The highest BCUT2D eigenvalue weighted by molar-refractivity contribution is 6.26. The molecule has 0 radical (unpaired) electrons. The number of aromatic hydroxyl groups is 2. The normalized spacial score (nSPS) is 11.5. The second-order valence-electron chi connectivity index (χ2n) is 9.80. The van der Waals surface area contributed by atoms with Crippen molar-refractivity contribution in [2.75, 3.05) is 28.4 Å². The highest BCUT2D eigenvalue weighted by atomic mass is 16.5. The Morgan fingerprint density at radius 3 is 1.26 bits per heavy atom. The van der Waals surface area contributed by atoms with Gasteiger partial charge in [-0.25, -0.2) is 0 Å². The van der Waals surface area contributed by atoms with Crippen LogP contribution in [0.1, 0.15) is 11.5 Å². The summed E-state index contributed by atoms with van der Waals surface area (Å²) >= 11 is 0. The first-order valence-corrected chi connectivity index (χ1v) is 12.8. The maximum Gasteiger partial charge on any atom is 0.196 e. The number of benzene rings is 4. The van der Waals surface area contributed by atoms with Crippen molar-refractivity contribution < 1.29 is 38.0 Å². The second-order valence-corrected chi connectivity index (χ2v) is 9.80. The molecule has 0 saturated heterocycles. The summed E-state index contributed by atoms with van der Waals surface area (Å²) in [5, 5.41) is 24.0. The molecule has 0 bridgehead atoms. The minimum atomic E-state index is -0.493. The van der Waals surface area contributed by atoms with Crippen molar-refractivity contribution in [2.24, 2.45) is 0 Å². The molecular weight excluding hydrogens is 544 g/mol. The van der Waals surface area contributed by atoms with Gasteiger partial charge < -0.3 is 38.0 Å². The van der Waals surface area contributed by atoms with Gasteiger partial charge in [0.05, 0.1) is 39.2 Å². The molecule has 2 N–H and O–H groups in total. The summed E-state index contributed by atoms with van der Waals surface area (Å²) < 4.78 is 34.7. The summed E-state index contributed by atoms with van der Waals surface area (Å²) in [6.45, 7) is 3.22. The van der Waals surface area contributed by atoms with Crippen LogP contribution < -0.4 is 29.8 Å². The Balaban J connectivity index is 2.07. The molecule has 42 heavy (non-hydrogen) atoms. The van der Waals surface area contributed by atoms with Crippen LogP contribution in [0.4, 0.5) is 0 Å². The topological polar surface area (TPSA) is 138 Å². The van der Waals surface area contributed by atoms with E-state index in [4.69, 9.17) is 27.8 Å². The number of aryl methyl sites for hydroxylation is 2. The van der Waals surface area contributed by atoms with E-state index in [-0.39, 0.29) is 78.4 Å². The van der Waals surface area contributed by atoms with Crippen LogP contribution in [0.15, 0.2) is 54.8 Å². The molecule has 0 saturated carbocycles. The van der Waals surface area contributed by atoms with Gasteiger partial charge in [0.1, 0.15) is 68.0 Å². The van der Waals surface area contributed by atoms with Gasteiger partial charge in [0, 0.05) is 46.2 Å². The van der Waals surface area contributed by atoms with Crippen molar-refractivity contribution in [2.45, 2.75) is 13.8 Å². The zero-order valence-corrected chi connectivity index (χ0v) is 23.6. The van der Waals surface area contributed by atoms with Crippen LogP contribution in [-0.4, -0.2) is 38.7 Å². The minimum Gasteiger partial charge on any atom is -0.506 e. The molecule has 6 rings (SSSR count). The lowest BCUT2D eigenvalue weighted by Crippen LogP contribution is -2.06. The molecule has 2 aromatic heterocycles. The Bertz CT molecular complexity index is 2060. The molecule has 0 unspecified atom stereocenters. The summed E-state index contributed by atoms with van der Waals surface area (Å²) in [6, 6.07) is 9.02. The van der Waals surface area contributed by atoms with Gasteiger partial charge >= 0.3 is 0 Å². The standard InChI is InChI=1S/C32H26O10/c1-13-7-19(33)27-29(35)23-17(9-15(37-3)11-21(23)39-5)25(31(27)41-13)26-18-10-16(38-4)12-22(40-6)24(18)30(36)28-20(34)8-14(2)42-32(26)28/h7-12,35-36H,1-6H3. The van der Waals surface area contributed by atoms with Crippen molar-refractivity contribution in [3.05, 3.63) is 68.4 Å². The molecule has 2 heterocycles. The number of fused-ring (bicyclic) bond motifs is 4. The van der Waals surface area contributed by atoms with E-state index in [1.54, 1.807) is 38.1 Å². The number of phenols is 2. The van der Waals surface area contributed by atoms with E-state index in [1.165, 1.54) is 40.6 Å². The van der Waals surface area contributed by atoms with Crippen LogP contribution >= 0.6 is 0 Å². The zero-order chi connectivity index (χ0) is 30.0. The van der Waals surface area contributed by atoms with Gasteiger partial charge in [0.15, 0.2) is 10.9 Å².